The van der Waals surface area contributed by atoms with E-state index < -0.39 is 11.0 Å². The fraction of sp³-hybridized carbons (Fsp3) is 0.429. The molecular formula is C21H27BrN6OS2. The molecule has 10 heteroatoms. The molecule has 0 radical (unpaired) electrons. The van der Waals surface area contributed by atoms with Crippen molar-refractivity contribution >= 4 is 50.3 Å². The van der Waals surface area contributed by atoms with Crippen molar-refractivity contribution in [2.24, 2.45) is 5.92 Å². The van der Waals surface area contributed by atoms with E-state index in [1.807, 2.05) is 42.4 Å². The first kappa shape index (κ1) is 22.6. The van der Waals surface area contributed by atoms with Crippen molar-refractivity contribution < 1.29 is 4.21 Å². The Hall–Kier alpha value is -1.62. The first-order chi connectivity index (χ1) is 15.1. The lowest BCUT2D eigenvalue weighted by atomic mass is 9.91. The second kappa shape index (κ2) is 10.3. The summed E-state index contributed by atoms with van der Waals surface area (Å²) < 4.78 is 18.9. The number of aromatic nitrogens is 3. The summed E-state index contributed by atoms with van der Waals surface area (Å²) in [7, 11) is -1.09. The topological polar surface area (TPSA) is 75.1 Å². The number of piperidine rings is 1. The standard InChI is InChI=1S/C21H27BrN6OS2/c1-3-20(30-2)31(29)27-9-5-7-16(14-27)18-10-19(24-12-15-6-4-8-23-11-15)28-21(26-18)17(22)13-25-28/h3-4,6,8,10-11,13,16,18,24,26H,5,7,9,12,14H2,1-2H3/b20-3+. The van der Waals surface area contributed by atoms with Crippen molar-refractivity contribution in [2.75, 3.05) is 24.7 Å². The van der Waals surface area contributed by atoms with E-state index >= 15 is 0 Å². The highest BCUT2D eigenvalue weighted by Gasteiger charge is 2.33. The van der Waals surface area contributed by atoms with Crippen molar-refractivity contribution in [3.8, 4) is 0 Å². The molecule has 1 fully saturated rings. The summed E-state index contributed by atoms with van der Waals surface area (Å²) in [6, 6.07) is 4.12. The third-order valence-electron chi connectivity index (χ3n) is 5.56. The number of pyridine rings is 1. The summed E-state index contributed by atoms with van der Waals surface area (Å²) in [4.78, 5) is 4.20. The quantitative estimate of drug-likeness (QED) is 0.571. The lowest BCUT2D eigenvalue weighted by Crippen LogP contribution is -2.45. The van der Waals surface area contributed by atoms with E-state index in [4.69, 9.17) is 0 Å². The summed E-state index contributed by atoms with van der Waals surface area (Å²) >= 11 is 5.19. The number of halogens is 1. The normalized spacial score (nSPS) is 22.9. The maximum absolute atomic E-state index is 13.0. The highest BCUT2D eigenvalue weighted by Crippen LogP contribution is 2.33. The van der Waals surface area contributed by atoms with E-state index in [0.717, 1.165) is 51.8 Å². The van der Waals surface area contributed by atoms with Gasteiger partial charge >= 0.3 is 0 Å². The summed E-state index contributed by atoms with van der Waals surface area (Å²) in [5, 5.41) is 11.7. The molecule has 2 aliphatic rings. The molecule has 4 heterocycles. The molecule has 0 spiro atoms. The Kier molecular flexibility index (Phi) is 7.52. The summed E-state index contributed by atoms with van der Waals surface area (Å²) in [5.41, 5.74) is 1.11. The Morgan fingerprint density at radius 2 is 2.35 bits per heavy atom. The van der Waals surface area contributed by atoms with Crippen molar-refractivity contribution in [2.45, 2.75) is 32.4 Å². The van der Waals surface area contributed by atoms with Gasteiger partial charge in [0.25, 0.3) is 0 Å². The molecule has 2 N–H and O–H groups in total. The van der Waals surface area contributed by atoms with Gasteiger partial charge in [0.15, 0.2) is 0 Å². The zero-order valence-electron chi connectivity index (χ0n) is 17.6. The lowest BCUT2D eigenvalue weighted by Gasteiger charge is -2.37. The third-order valence-corrected chi connectivity index (χ3v) is 9.09. The van der Waals surface area contributed by atoms with Crippen LogP contribution in [-0.4, -0.2) is 48.7 Å². The van der Waals surface area contributed by atoms with Crippen LogP contribution in [0.5, 0.6) is 0 Å². The minimum atomic E-state index is -1.09. The van der Waals surface area contributed by atoms with Crippen molar-refractivity contribution in [1.82, 2.24) is 24.4 Å². The molecule has 2 aliphatic heterocycles. The van der Waals surface area contributed by atoms with E-state index in [9.17, 15) is 4.21 Å². The van der Waals surface area contributed by atoms with Gasteiger partial charge in [-0.2, -0.15) is 5.10 Å². The van der Waals surface area contributed by atoms with Gasteiger partial charge in [-0.05, 0) is 65.6 Å². The lowest BCUT2D eigenvalue weighted by molar-refractivity contribution is 0.267. The number of allylic oxidation sites excluding steroid dienone is 1. The molecule has 0 aliphatic carbocycles. The highest BCUT2D eigenvalue weighted by molar-refractivity contribution is 9.10. The van der Waals surface area contributed by atoms with Crippen LogP contribution in [0.15, 0.2) is 51.6 Å². The smallest absolute Gasteiger partial charge is 0.146 e. The van der Waals surface area contributed by atoms with E-state index in [-0.39, 0.29) is 6.04 Å². The molecule has 0 bridgehead atoms. The molecule has 7 nitrogen and oxygen atoms in total. The monoisotopic (exact) mass is 522 g/mol. The number of hydrogen-bond donors (Lipinski definition) is 2. The Balaban J connectivity index is 1.53. The van der Waals surface area contributed by atoms with Crippen LogP contribution in [0, 0.1) is 5.92 Å². The molecule has 0 amide bonds. The molecule has 4 rings (SSSR count). The van der Waals surface area contributed by atoms with Gasteiger partial charge in [0.05, 0.1) is 20.9 Å². The van der Waals surface area contributed by atoms with E-state index in [1.165, 1.54) is 0 Å². The van der Waals surface area contributed by atoms with Gasteiger partial charge < -0.3 is 10.6 Å². The molecule has 3 atom stereocenters. The van der Waals surface area contributed by atoms with Crippen LogP contribution in [0.25, 0.3) is 5.82 Å². The van der Waals surface area contributed by atoms with Gasteiger partial charge in [0, 0.05) is 32.0 Å². The summed E-state index contributed by atoms with van der Waals surface area (Å²) in [5.74, 6) is 2.24. The van der Waals surface area contributed by atoms with Crippen LogP contribution in [0.4, 0.5) is 5.82 Å². The zero-order valence-corrected chi connectivity index (χ0v) is 20.8. The number of fused-ring (bicyclic) bond motifs is 1. The molecule has 2 aromatic rings. The average Bonchev–Trinajstić information content (AvgIpc) is 3.19. The van der Waals surface area contributed by atoms with Crippen LogP contribution in [0.2, 0.25) is 0 Å². The second-order valence-corrected chi connectivity index (χ2v) is 11.0. The summed E-state index contributed by atoms with van der Waals surface area (Å²) in [6.45, 7) is 4.28. The SMILES string of the molecule is C/C=C(\SC)S(=O)N1CCCC(C2C=C(NCc3cccnc3)n3ncc(Br)c3N2)C1. The van der Waals surface area contributed by atoms with E-state index in [1.54, 1.807) is 18.0 Å². The Morgan fingerprint density at radius 1 is 1.48 bits per heavy atom. The van der Waals surface area contributed by atoms with Gasteiger partial charge in [-0.25, -0.2) is 13.2 Å². The molecule has 0 saturated carbocycles. The van der Waals surface area contributed by atoms with Gasteiger partial charge in [-0.3, -0.25) is 4.98 Å². The number of nitrogens with one attached hydrogen (secondary N) is 2. The third kappa shape index (κ3) is 5.08. The maximum atomic E-state index is 13.0. The molecular weight excluding hydrogens is 496 g/mol. The van der Waals surface area contributed by atoms with Gasteiger partial charge in [0.1, 0.15) is 22.6 Å². The fourth-order valence-corrected chi connectivity index (χ4v) is 6.57. The second-order valence-electron chi connectivity index (χ2n) is 7.54. The number of nitrogens with zero attached hydrogens (tertiary/aromatic N) is 4. The first-order valence-corrected chi connectivity index (χ1v) is 13.4. The van der Waals surface area contributed by atoms with Crippen molar-refractivity contribution in [3.63, 3.8) is 0 Å². The predicted molar refractivity (Wildman–Crippen MR) is 132 cm³/mol. The number of rotatable bonds is 7. The average molecular weight is 524 g/mol. The highest BCUT2D eigenvalue weighted by atomic mass is 79.9. The maximum Gasteiger partial charge on any atom is 0.146 e. The Bertz CT molecular complexity index is 993. The van der Waals surface area contributed by atoms with Crippen molar-refractivity contribution in [1.29, 1.82) is 0 Å². The summed E-state index contributed by atoms with van der Waals surface area (Å²) in [6.07, 6.45) is 13.7. The van der Waals surface area contributed by atoms with Gasteiger partial charge in [-0.1, -0.05) is 12.1 Å². The molecule has 2 aromatic heterocycles. The predicted octanol–water partition coefficient (Wildman–Crippen LogP) is 4.02. The van der Waals surface area contributed by atoms with Crippen LogP contribution in [0.1, 0.15) is 25.3 Å². The minimum Gasteiger partial charge on any atom is -0.366 e. The first-order valence-electron chi connectivity index (χ1n) is 10.3. The van der Waals surface area contributed by atoms with E-state index in [2.05, 4.69) is 53.1 Å². The molecule has 3 unspecified atom stereocenters. The van der Waals surface area contributed by atoms with E-state index in [0.29, 0.717) is 12.5 Å². The zero-order chi connectivity index (χ0) is 21.8. The van der Waals surface area contributed by atoms with Crippen LogP contribution >= 0.6 is 27.7 Å². The van der Waals surface area contributed by atoms with Crippen LogP contribution in [-0.2, 0) is 17.5 Å². The molecule has 31 heavy (non-hydrogen) atoms. The number of hydrogen-bond acceptors (Lipinski definition) is 6. The number of anilines is 1. The Labute approximate surface area is 198 Å². The Morgan fingerprint density at radius 3 is 3.10 bits per heavy atom. The molecule has 166 valence electrons. The van der Waals surface area contributed by atoms with Crippen LogP contribution in [0.3, 0.4) is 0 Å². The minimum absolute atomic E-state index is 0.125. The molecule has 0 aromatic carbocycles. The van der Waals surface area contributed by atoms with Gasteiger partial charge in [0.2, 0.25) is 0 Å². The van der Waals surface area contributed by atoms with Gasteiger partial charge in [-0.15, -0.1) is 11.8 Å². The van der Waals surface area contributed by atoms with Crippen LogP contribution < -0.4 is 10.6 Å². The fourth-order valence-electron chi connectivity index (χ4n) is 4.00. The molecule has 1 saturated heterocycles. The largest absolute Gasteiger partial charge is 0.366 e. The van der Waals surface area contributed by atoms with Crippen molar-refractivity contribution in [3.05, 3.63) is 57.1 Å². The number of thioether (sulfide) groups is 1.